The van der Waals surface area contributed by atoms with Crippen LogP contribution in [0.3, 0.4) is 0 Å². The average molecular weight is 410 g/mol. The molecule has 1 heterocycles. The Morgan fingerprint density at radius 1 is 1.07 bits per heavy atom. The highest BCUT2D eigenvalue weighted by molar-refractivity contribution is 6.12. The third kappa shape index (κ3) is 2.22. The SMILES string of the molecule is CC1=C[C@H]2[C@H]3[C@H](C=C[C@@H]4[C@H](C)C[C@H](C)C[C@]34C)C(=O)[C@@]23C(=O)N[C@@H](C(C)C)[C@@H]3[C@H]1C. The van der Waals surface area contributed by atoms with Crippen molar-refractivity contribution in [1.82, 2.24) is 5.32 Å². The molecular formula is C27H39NO2. The number of carbonyl (C=O) groups excluding carboxylic acids is 2. The van der Waals surface area contributed by atoms with Crippen molar-refractivity contribution in [1.29, 1.82) is 0 Å². The number of fused-ring (bicyclic) bond motifs is 4. The normalized spacial score (nSPS) is 54.3. The van der Waals surface area contributed by atoms with Crippen LogP contribution in [0.25, 0.3) is 0 Å². The molecule has 30 heavy (non-hydrogen) atoms. The summed E-state index contributed by atoms with van der Waals surface area (Å²) in [5, 5.41) is 3.33. The van der Waals surface area contributed by atoms with Crippen LogP contribution >= 0.6 is 0 Å². The smallest absolute Gasteiger partial charge is 0.234 e. The minimum absolute atomic E-state index is 0.0247. The third-order valence-corrected chi connectivity index (χ3v) is 10.2. The van der Waals surface area contributed by atoms with Gasteiger partial charge in [-0.2, -0.15) is 0 Å². The summed E-state index contributed by atoms with van der Waals surface area (Å²) in [5.41, 5.74) is 0.594. The molecular weight excluding hydrogens is 370 g/mol. The van der Waals surface area contributed by atoms with E-state index in [1.165, 1.54) is 12.0 Å². The number of carbonyl (C=O) groups is 2. The van der Waals surface area contributed by atoms with Crippen LogP contribution in [-0.2, 0) is 9.59 Å². The predicted molar refractivity (Wildman–Crippen MR) is 119 cm³/mol. The van der Waals surface area contributed by atoms with Crippen molar-refractivity contribution < 1.29 is 9.59 Å². The summed E-state index contributed by atoms with van der Waals surface area (Å²) in [7, 11) is 0. The van der Waals surface area contributed by atoms with Crippen molar-refractivity contribution in [3.8, 4) is 0 Å². The van der Waals surface area contributed by atoms with Crippen LogP contribution in [0.2, 0.25) is 0 Å². The van der Waals surface area contributed by atoms with E-state index in [2.05, 4.69) is 72.0 Å². The van der Waals surface area contributed by atoms with Gasteiger partial charge in [-0.3, -0.25) is 9.59 Å². The number of Topliss-reactive ketones (excluding diaryl/α,β-unsaturated/α-hetero) is 1. The third-order valence-electron chi connectivity index (χ3n) is 10.2. The van der Waals surface area contributed by atoms with Crippen molar-refractivity contribution in [3.63, 3.8) is 0 Å². The van der Waals surface area contributed by atoms with Crippen molar-refractivity contribution >= 4 is 11.7 Å². The highest BCUT2D eigenvalue weighted by Crippen LogP contribution is 2.69. The number of allylic oxidation sites excluding steroid dienone is 4. The molecule has 11 atom stereocenters. The first-order chi connectivity index (χ1) is 14.0. The molecule has 5 rings (SSSR count). The second-order valence-corrected chi connectivity index (χ2v) is 12.2. The van der Waals surface area contributed by atoms with Gasteiger partial charge >= 0.3 is 0 Å². The van der Waals surface area contributed by atoms with E-state index < -0.39 is 5.41 Å². The van der Waals surface area contributed by atoms with Gasteiger partial charge in [0, 0.05) is 23.8 Å². The van der Waals surface area contributed by atoms with Crippen molar-refractivity contribution in [3.05, 3.63) is 23.8 Å². The molecule has 1 spiro atoms. The van der Waals surface area contributed by atoms with E-state index in [0.29, 0.717) is 23.7 Å². The predicted octanol–water partition coefficient (Wildman–Crippen LogP) is 5.03. The summed E-state index contributed by atoms with van der Waals surface area (Å²) in [5.74, 6) is 2.89. The Bertz CT molecular complexity index is 855. The van der Waals surface area contributed by atoms with Crippen molar-refractivity contribution in [2.75, 3.05) is 0 Å². The van der Waals surface area contributed by atoms with E-state index in [1.54, 1.807) is 0 Å². The number of nitrogens with one attached hydrogen (secondary N) is 1. The van der Waals surface area contributed by atoms with Crippen LogP contribution in [0, 0.1) is 64.1 Å². The van der Waals surface area contributed by atoms with Gasteiger partial charge in [-0.15, -0.1) is 0 Å². The molecule has 3 nitrogen and oxygen atoms in total. The van der Waals surface area contributed by atoms with E-state index in [0.717, 1.165) is 6.42 Å². The van der Waals surface area contributed by atoms with E-state index in [1.807, 2.05) is 0 Å². The van der Waals surface area contributed by atoms with Crippen LogP contribution in [0.4, 0.5) is 0 Å². The Labute approximate surface area is 182 Å². The summed E-state index contributed by atoms with van der Waals surface area (Å²) < 4.78 is 0. The first-order valence-electron chi connectivity index (χ1n) is 12.3. The lowest BCUT2D eigenvalue weighted by atomic mass is 9.48. The Morgan fingerprint density at radius 2 is 1.77 bits per heavy atom. The van der Waals surface area contributed by atoms with Crippen LogP contribution < -0.4 is 5.32 Å². The highest BCUT2D eigenvalue weighted by atomic mass is 16.2. The Kier molecular flexibility index (Phi) is 4.33. The molecule has 164 valence electrons. The number of hydrogen-bond acceptors (Lipinski definition) is 2. The Hall–Kier alpha value is -1.38. The summed E-state index contributed by atoms with van der Waals surface area (Å²) in [6, 6.07) is 0.0829. The summed E-state index contributed by atoms with van der Waals surface area (Å²) >= 11 is 0. The molecule has 4 aliphatic carbocycles. The number of ketones is 1. The number of rotatable bonds is 1. The fourth-order valence-electron chi connectivity index (χ4n) is 9.23. The molecule has 1 N–H and O–H groups in total. The van der Waals surface area contributed by atoms with Crippen LogP contribution in [0.5, 0.6) is 0 Å². The van der Waals surface area contributed by atoms with Gasteiger partial charge in [0.25, 0.3) is 0 Å². The zero-order chi connectivity index (χ0) is 21.7. The maximum absolute atomic E-state index is 14.2. The molecule has 0 unspecified atom stereocenters. The van der Waals surface area contributed by atoms with E-state index in [-0.39, 0.29) is 52.7 Å². The molecule has 0 aromatic heterocycles. The lowest BCUT2D eigenvalue weighted by molar-refractivity contribution is -0.143. The molecule has 0 aromatic rings. The van der Waals surface area contributed by atoms with Crippen molar-refractivity contribution in [2.45, 2.75) is 67.3 Å². The average Bonchev–Trinajstić information content (AvgIpc) is 3.10. The molecule has 1 saturated heterocycles. The number of amides is 1. The zero-order valence-electron chi connectivity index (χ0n) is 19.7. The molecule has 0 radical (unpaired) electrons. The molecule has 1 aliphatic heterocycles. The van der Waals surface area contributed by atoms with Gasteiger partial charge in [0.1, 0.15) is 5.41 Å². The maximum Gasteiger partial charge on any atom is 0.234 e. The van der Waals surface area contributed by atoms with Crippen molar-refractivity contribution in [2.24, 2.45) is 64.1 Å². The first kappa shape index (κ1) is 20.5. The maximum atomic E-state index is 14.2. The second kappa shape index (κ2) is 6.33. The van der Waals surface area contributed by atoms with Gasteiger partial charge in [-0.05, 0) is 60.7 Å². The van der Waals surface area contributed by atoms with Crippen LogP contribution in [-0.4, -0.2) is 17.7 Å². The standard InChI is InChI=1S/C27H39NO2/c1-13(2)23-21-17(6)15(4)11-20-22-18(24(29)27(20,21)25(30)28-23)8-9-19-16(5)10-14(3)12-26(19,22)7/h8-9,11,13-14,16-23H,10,12H2,1-7H3,(H,28,30)/t14-,16+,17-,18-,19+,20-,21-,22+,23-,26-,27+/m0/s1. The monoisotopic (exact) mass is 409 g/mol. The fourth-order valence-corrected chi connectivity index (χ4v) is 9.23. The molecule has 2 saturated carbocycles. The molecule has 0 aromatic carbocycles. The largest absolute Gasteiger partial charge is 0.352 e. The van der Waals surface area contributed by atoms with E-state index in [9.17, 15) is 9.59 Å². The Morgan fingerprint density at radius 3 is 2.43 bits per heavy atom. The van der Waals surface area contributed by atoms with Crippen LogP contribution in [0.15, 0.2) is 23.8 Å². The topological polar surface area (TPSA) is 46.2 Å². The number of hydrogen-bond donors (Lipinski definition) is 1. The highest BCUT2D eigenvalue weighted by Gasteiger charge is 2.75. The molecule has 3 heteroatoms. The lowest BCUT2D eigenvalue weighted by Gasteiger charge is -2.55. The van der Waals surface area contributed by atoms with E-state index >= 15 is 0 Å². The molecule has 3 fully saturated rings. The van der Waals surface area contributed by atoms with E-state index in [4.69, 9.17) is 0 Å². The lowest BCUT2D eigenvalue weighted by Crippen LogP contribution is -2.52. The zero-order valence-corrected chi connectivity index (χ0v) is 19.7. The second-order valence-electron chi connectivity index (χ2n) is 12.2. The molecule has 5 aliphatic rings. The fraction of sp³-hybridized carbons (Fsp3) is 0.778. The van der Waals surface area contributed by atoms with Gasteiger partial charge in [0.15, 0.2) is 5.78 Å². The van der Waals surface area contributed by atoms with Gasteiger partial charge < -0.3 is 5.32 Å². The minimum Gasteiger partial charge on any atom is -0.352 e. The summed E-state index contributed by atoms with van der Waals surface area (Å²) in [6.45, 7) is 16.1. The minimum atomic E-state index is -0.866. The summed E-state index contributed by atoms with van der Waals surface area (Å²) in [4.78, 5) is 28.0. The molecule has 1 amide bonds. The summed E-state index contributed by atoms with van der Waals surface area (Å²) in [6.07, 6.45) is 9.38. The first-order valence-corrected chi connectivity index (χ1v) is 12.3. The van der Waals surface area contributed by atoms with Gasteiger partial charge in [0.2, 0.25) is 5.91 Å². The van der Waals surface area contributed by atoms with Gasteiger partial charge in [-0.1, -0.05) is 65.3 Å². The van der Waals surface area contributed by atoms with Gasteiger partial charge in [-0.25, -0.2) is 0 Å². The quantitative estimate of drug-likeness (QED) is 0.488. The molecule has 0 bridgehead atoms. The Balaban J connectivity index is 1.72. The van der Waals surface area contributed by atoms with Gasteiger partial charge in [0.05, 0.1) is 0 Å². The van der Waals surface area contributed by atoms with Crippen LogP contribution in [0.1, 0.15) is 61.3 Å².